The normalized spacial score (nSPS) is 17.8. The molecule has 1 amide bonds. The van der Waals surface area contributed by atoms with Gasteiger partial charge in [0, 0.05) is 46.2 Å². The fraction of sp³-hybridized carbons (Fsp3) is 0.815. The summed E-state index contributed by atoms with van der Waals surface area (Å²) in [7, 11) is 5.06. The molecular formula is C27H49NO7. The number of aliphatic carboxylic acids is 2. The number of carboxylic acids is 2. The highest BCUT2D eigenvalue weighted by Crippen LogP contribution is 2.33. The van der Waals surface area contributed by atoms with Gasteiger partial charge in [-0.15, -0.1) is 0 Å². The maximum Gasteiger partial charge on any atom is 0.303 e. The van der Waals surface area contributed by atoms with Crippen LogP contribution in [0.15, 0.2) is 12.3 Å². The summed E-state index contributed by atoms with van der Waals surface area (Å²) in [4.78, 5) is 34.6. The van der Waals surface area contributed by atoms with Gasteiger partial charge in [-0.2, -0.15) is 0 Å². The lowest BCUT2D eigenvalue weighted by Gasteiger charge is -2.34. The van der Waals surface area contributed by atoms with Gasteiger partial charge in [0.05, 0.1) is 12.2 Å². The fourth-order valence-corrected chi connectivity index (χ4v) is 4.94. The SMILES string of the molecule is CC[C@H](CCC(=O)O)C[C@H](OC)[C@@H](C)CC[C@H](CCC(=O)O)[C@H](C)[C@@H](OC)[C@H](C)/C=C/N(C)C=O. The van der Waals surface area contributed by atoms with Gasteiger partial charge in [-0.1, -0.05) is 40.2 Å². The van der Waals surface area contributed by atoms with Gasteiger partial charge in [-0.3, -0.25) is 14.4 Å². The molecule has 0 radical (unpaired) electrons. The van der Waals surface area contributed by atoms with Crippen molar-refractivity contribution in [3.05, 3.63) is 12.3 Å². The number of carbonyl (C=O) groups is 3. The molecule has 2 N–H and O–H groups in total. The Hall–Kier alpha value is -1.93. The van der Waals surface area contributed by atoms with E-state index in [-0.39, 0.29) is 48.7 Å². The first-order chi connectivity index (χ1) is 16.5. The monoisotopic (exact) mass is 499 g/mol. The highest BCUT2D eigenvalue weighted by Gasteiger charge is 2.30. The number of hydrogen-bond donors (Lipinski definition) is 2. The summed E-state index contributed by atoms with van der Waals surface area (Å²) in [6.45, 7) is 8.40. The maximum absolute atomic E-state index is 11.3. The van der Waals surface area contributed by atoms with E-state index >= 15 is 0 Å². The van der Waals surface area contributed by atoms with Crippen molar-refractivity contribution in [1.29, 1.82) is 0 Å². The van der Waals surface area contributed by atoms with E-state index < -0.39 is 11.9 Å². The highest BCUT2D eigenvalue weighted by molar-refractivity contribution is 5.66. The topological polar surface area (TPSA) is 113 Å². The van der Waals surface area contributed by atoms with Crippen molar-refractivity contribution in [2.45, 2.75) is 91.3 Å². The van der Waals surface area contributed by atoms with Crippen LogP contribution >= 0.6 is 0 Å². The third-order valence-corrected chi connectivity index (χ3v) is 7.41. The van der Waals surface area contributed by atoms with Crippen LogP contribution in [-0.4, -0.2) is 66.9 Å². The van der Waals surface area contributed by atoms with Gasteiger partial charge < -0.3 is 24.6 Å². The largest absolute Gasteiger partial charge is 0.481 e. The van der Waals surface area contributed by atoms with Gasteiger partial charge in [0.2, 0.25) is 6.41 Å². The Morgan fingerprint density at radius 3 is 2.03 bits per heavy atom. The molecule has 0 unspecified atom stereocenters. The molecular weight excluding hydrogens is 450 g/mol. The summed E-state index contributed by atoms with van der Waals surface area (Å²) in [6.07, 6.45) is 9.31. The molecule has 0 aromatic heterocycles. The van der Waals surface area contributed by atoms with Crippen LogP contribution in [0.25, 0.3) is 0 Å². The number of ether oxygens (including phenoxy) is 2. The second-order valence-electron chi connectivity index (χ2n) is 9.99. The first-order valence-electron chi connectivity index (χ1n) is 12.8. The van der Waals surface area contributed by atoms with Gasteiger partial charge in [-0.25, -0.2) is 0 Å². The third kappa shape index (κ3) is 13.7. The van der Waals surface area contributed by atoms with Crippen LogP contribution in [0.2, 0.25) is 0 Å². The van der Waals surface area contributed by atoms with Crippen LogP contribution in [-0.2, 0) is 23.9 Å². The minimum absolute atomic E-state index is 0.0307. The molecule has 8 nitrogen and oxygen atoms in total. The summed E-state index contributed by atoms with van der Waals surface area (Å²) in [6, 6.07) is 0. The molecule has 0 bridgehead atoms. The molecule has 35 heavy (non-hydrogen) atoms. The average Bonchev–Trinajstić information content (AvgIpc) is 2.82. The average molecular weight is 500 g/mol. The molecule has 0 saturated heterocycles. The minimum Gasteiger partial charge on any atom is -0.481 e. The quantitative estimate of drug-likeness (QED) is 0.212. The standard InChI is InChI=1S/C27H49NO7/c1-8-22(10-13-25(30)31)17-24(34-6)19(2)9-11-23(12-14-26(32)33)21(4)27(35-7)20(3)15-16-28(5)18-29/h15-16,18-24,27H,8-14,17H2,1-7H3,(H,30,31)(H,32,33)/b16-15+/t19-,20+,21-,22+,23+,24-,27-/m0/s1. The first kappa shape index (κ1) is 33.1. The predicted octanol–water partition coefficient (Wildman–Crippen LogP) is 5.07. The molecule has 0 aliphatic heterocycles. The first-order valence-corrected chi connectivity index (χ1v) is 12.8. The summed E-state index contributed by atoms with van der Waals surface area (Å²) in [5, 5.41) is 18.3. The van der Waals surface area contributed by atoms with E-state index in [1.807, 2.05) is 13.0 Å². The van der Waals surface area contributed by atoms with Crippen molar-refractivity contribution >= 4 is 18.3 Å². The van der Waals surface area contributed by atoms with Gasteiger partial charge in [0.1, 0.15) is 0 Å². The Balaban J connectivity index is 5.31. The van der Waals surface area contributed by atoms with Crippen LogP contribution < -0.4 is 0 Å². The number of rotatable bonds is 21. The molecule has 0 heterocycles. The third-order valence-electron chi connectivity index (χ3n) is 7.41. The van der Waals surface area contributed by atoms with Crippen LogP contribution in [0.1, 0.15) is 79.1 Å². The molecule has 0 aliphatic rings. The zero-order chi connectivity index (χ0) is 27.0. The molecule has 204 valence electrons. The summed E-state index contributed by atoms with van der Waals surface area (Å²) in [5.74, 6) is -0.682. The van der Waals surface area contributed by atoms with E-state index in [1.54, 1.807) is 27.5 Å². The Labute approximate surface area is 212 Å². The zero-order valence-electron chi connectivity index (χ0n) is 22.8. The second kappa shape index (κ2) is 18.4. The van der Waals surface area contributed by atoms with Crippen molar-refractivity contribution in [2.24, 2.45) is 29.6 Å². The number of amides is 1. The van der Waals surface area contributed by atoms with Crippen LogP contribution in [0.4, 0.5) is 0 Å². The van der Waals surface area contributed by atoms with E-state index in [4.69, 9.17) is 14.6 Å². The minimum atomic E-state index is -0.802. The molecule has 0 aliphatic carbocycles. The maximum atomic E-state index is 11.3. The van der Waals surface area contributed by atoms with E-state index in [2.05, 4.69) is 20.8 Å². The number of hydrogen-bond acceptors (Lipinski definition) is 5. The zero-order valence-corrected chi connectivity index (χ0v) is 22.8. The van der Waals surface area contributed by atoms with Gasteiger partial charge in [0.25, 0.3) is 0 Å². The van der Waals surface area contributed by atoms with Crippen molar-refractivity contribution in [3.63, 3.8) is 0 Å². The van der Waals surface area contributed by atoms with Crippen molar-refractivity contribution < 1.29 is 34.1 Å². The van der Waals surface area contributed by atoms with Crippen molar-refractivity contribution in [2.75, 3.05) is 21.3 Å². The van der Waals surface area contributed by atoms with E-state index in [9.17, 15) is 19.5 Å². The van der Waals surface area contributed by atoms with Crippen LogP contribution in [0.3, 0.4) is 0 Å². The van der Waals surface area contributed by atoms with Crippen LogP contribution in [0, 0.1) is 29.6 Å². The molecule has 0 rings (SSSR count). The Morgan fingerprint density at radius 2 is 1.54 bits per heavy atom. The lowest BCUT2D eigenvalue weighted by atomic mass is 9.77. The summed E-state index contributed by atoms with van der Waals surface area (Å²) >= 11 is 0. The van der Waals surface area contributed by atoms with E-state index in [0.29, 0.717) is 18.8 Å². The second-order valence-corrected chi connectivity index (χ2v) is 9.99. The van der Waals surface area contributed by atoms with Gasteiger partial charge in [0.15, 0.2) is 0 Å². The number of carboxylic acid groups (broad SMARTS) is 2. The Bertz CT molecular complexity index is 639. The lowest BCUT2D eigenvalue weighted by Crippen LogP contribution is -2.33. The number of carbonyl (C=O) groups excluding carboxylic acids is 1. The predicted molar refractivity (Wildman–Crippen MR) is 137 cm³/mol. The van der Waals surface area contributed by atoms with E-state index in [0.717, 1.165) is 32.1 Å². The van der Waals surface area contributed by atoms with Crippen LogP contribution in [0.5, 0.6) is 0 Å². The van der Waals surface area contributed by atoms with Gasteiger partial charge >= 0.3 is 11.9 Å². The molecule has 0 fully saturated rings. The van der Waals surface area contributed by atoms with Gasteiger partial charge in [-0.05, 0) is 55.8 Å². The van der Waals surface area contributed by atoms with Crippen molar-refractivity contribution in [3.8, 4) is 0 Å². The lowest BCUT2D eigenvalue weighted by molar-refractivity contribution is -0.138. The van der Waals surface area contributed by atoms with Crippen molar-refractivity contribution in [1.82, 2.24) is 4.90 Å². The number of methoxy groups -OCH3 is 2. The molecule has 7 atom stereocenters. The summed E-state index contributed by atoms with van der Waals surface area (Å²) < 4.78 is 11.6. The fourth-order valence-electron chi connectivity index (χ4n) is 4.94. The molecule has 8 heteroatoms. The molecule has 0 spiro atoms. The van der Waals surface area contributed by atoms with E-state index in [1.165, 1.54) is 4.90 Å². The molecule has 0 aromatic carbocycles. The Kier molecular flexibility index (Phi) is 17.3. The summed E-state index contributed by atoms with van der Waals surface area (Å²) in [5.41, 5.74) is 0. The Morgan fingerprint density at radius 1 is 0.943 bits per heavy atom. The molecule has 0 saturated carbocycles. The number of nitrogens with zero attached hydrogens (tertiary/aromatic N) is 1. The smallest absolute Gasteiger partial charge is 0.303 e. The highest BCUT2D eigenvalue weighted by atomic mass is 16.5. The molecule has 0 aromatic rings.